The SMILES string of the molecule is C[C@@H]1CN[C@@H](C)CNCCNCCN[C@@H](C)CN1. The van der Waals surface area contributed by atoms with Gasteiger partial charge in [0.15, 0.2) is 0 Å². The molecule has 5 N–H and O–H groups in total. The highest BCUT2D eigenvalue weighted by Gasteiger charge is 2.07. The third-order valence-electron chi connectivity index (χ3n) is 3.27. The van der Waals surface area contributed by atoms with Crippen LogP contribution in [0.5, 0.6) is 0 Å². The molecule has 0 spiro atoms. The number of nitrogens with one attached hydrogen (secondary N) is 5. The van der Waals surface area contributed by atoms with Crippen LogP contribution in [0.1, 0.15) is 20.8 Å². The summed E-state index contributed by atoms with van der Waals surface area (Å²) in [6, 6.07) is 1.56. The maximum atomic E-state index is 3.56. The molecule has 0 aliphatic carbocycles. The van der Waals surface area contributed by atoms with Crippen LogP contribution in [0.3, 0.4) is 0 Å². The summed E-state index contributed by atoms with van der Waals surface area (Å²) < 4.78 is 0. The molecule has 0 radical (unpaired) electrons. The van der Waals surface area contributed by atoms with Crippen LogP contribution in [0.15, 0.2) is 0 Å². The minimum Gasteiger partial charge on any atom is -0.314 e. The lowest BCUT2D eigenvalue weighted by molar-refractivity contribution is 0.424. The zero-order chi connectivity index (χ0) is 13.2. The van der Waals surface area contributed by atoms with Gasteiger partial charge in [-0.15, -0.1) is 0 Å². The fourth-order valence-electron chi connectivity index (χ4n) is 2.00. The van der Waals surface area contributed by atoms with E-state index in [0.717, 1.165) is 45.8 Å². The molecule has 1 fully saturated rings. The molecule has 0 amide bonds. The van der Waals surface area contributed by atoms with Crippen LogP contribution in [0.4, 0.5) is 0 Å². The van der Waals surface area contributed by atoms with E-state index in [4.69, 9.17) is 0 Å². The Morgan fingerprint density at radius 2 is 1.06 bits per heavy atom. The van der Waals surface area contributed by atoms with Crippen LogP contribution in [-0.2, 0) is 0 Å². The fourth-order valence-corrected chi connectivity index (χ4v) is 2.00. The Hall–Kier alpha value is -0.200. The van der Waals surface area contributed by atoms with Crippen molar-refractivity contribution in [1.29, 1.82) is 0 Å². The van der Waals surface area contributed by atoms with Gasteiger partial charge in [-0.1, -0.05) is 0 Å². The van der Waals surface area contributed by atoms with Crippen LogP contribution >= 0.6 is 0 Å². The first kappa shape index (κ1) is 15.9. The zero-order valence-corrected chi connectivity index (χ0v) is 12.2. The van der Waals surface area contributed by atoms with Gasteiger partial charge in [0.1, 0.15) is 0 Å². The fraction of sp³-hybridized carbons (Fsp3) is 1.00. The standard InChI is InChI=1S/C13H31N5/c1-11-8-15-5-4-14-6-7-16-12(2)9-18-13(3)10-17-11/h11-18H,4-10H2,1-3H3/t11-,12-,13+/m0/s1. The summed E-state index contributed by atoms with van der Waals surface area (Å²) in [5, 5.41) is 17.5. The van der Waals surface area contributed by atoms with E-state index < -0.39 is 0 Å². The highest BCUT2D eigenvalue weighted by molar-refractivity contribution is 4.73. The quantitative estimate of drug-likeness (QED) is 0.390. The summed E-state index contributed by atoms with van der Waals surface area (Å²) in [7, 11) is 0. The third kappa shape index (κ3) is 8.00. The van der Waals surface area contributed by atoms with Crippen LogP contribution in [-0.4, -0.2) is 63.9 Å². The van der Waals surface area contributed by atoms with Crippen LogP contribution in [0.2, 0.25) is 0 Å². The first-order valence-electron chi connectivity index (χ1n) is 7.30. The first-order valence-corrected chi connectivity index (χ1v) is 7.30. The lowest BCUT2D eigenvalue weighted by Gasteiger charge is -2.21. The van der Waals surface area contributed by atoms with Gasteiger partial charge in [-0.05, 0) is 20.8 Å². The molecule has 0 aromatic rings. The van der Waals surface area contributed by atoms with Gasteiger partial charge in [-0.25, -0.2) is 0 Å². The Bertz CT molecular complexity index is 180. The van der Waals surface area contributed by atoms with Crippen molar-refractivity contribution in [2.75, 3.05) is 45.8 Å². The number of hydrogen-bond acceptors (Lipinski definition) is 5. The average molecular weight is 257 g/mol. The molecule has 0 aromatic heterocycles. The highest BCUT2D eigenvalue weighted by atomic mass is 15.1. The molecule has 1 aliphatic heterocycles. The van der Waals surface area contributed by atoms with E-state index in [1.54, 1.807) is 0 Å². The summed E-state index contributed by atoms with van der Waals surface area (Å²) in [5.74, 6) is 0. The van der Waals surface area contributed by atoms with Crippen LogP contribution < -0.4 is 26.6 Å². The van der Waals surface area contributed by atoms with Gasteiger partial charge in [0, 0.05) is 63.9 Å². The molecule has 0 aromatic carbocycles. The molecule has 0 saturated carbocycles. The van der Waals surface area contributed by atoms with E-state index in [1.807, 2.05) is 0 Å². The molecule has 3 atom stereocenters. The molecular formula is C13H31N5. The van der Waals surface area contributed by atoms with Crippen molar-refractivity contribution >= 4 is 0 Å². The normalized spacial score (nSPS) is 34.5. The van der Waals surface area contributed by atoms with E-state index in [-0.39, 0.29) is 0 Å². The molecule has 108 valence electrons. The monoisotopic (exact) mass is 257 g/mol. The Kier molecular flexibility index (Phi) is 8.54. The van der Waals surface area contributed by atoms with Crippen molar-refractivity contribution < 1.29 is 0 Å². The zero-order valence-electron chi connectivity index (χ0n) is 12.2. The molecular weight excluding hydrogens is 226 g/mol. The van der Waals surface area contributed by atoms with E-state index in [0.29, 0.717) is 18.1 Å². The lowest BCUT2D eigenvalue weighted by atomic mass is 10.2. The first-order chi connectivity index (χ1) is 8.68. The van der Waals surface area contributed by atoms with Crippen molar-refractivity contribution in [1.82, 2.24) is 26.6 Å². The maximum Gasteiger partial charge on any atom is 0.0164 e. The topological polar surface area (TPSA) is 60.1 Å². The Balaban J connectivity index is 2.29. The second-order valence-electron chi connectivity index (χ2n) is 5.43. The van der Waals surface area contributed by atoms with Gasteiger partial charge < -0.3 is 26.6 Å². The predicted octanol–water partition coefficient (Wildman–Crippen LogP) is -0.886. The summed E-state index contributed by atoms with van der Waals surface area (Å²) >= 11 is 0. The van der Waals surface area contributed by atoms with Crippen LogP contribution in [0, 0.1) is 0 Å². The molecule has 5 nitrogen and oxygen atoms in total. The third-order valence-corrected chi connectivity index (χ3v) is 3.27. The van der Waals surface area contributed by atoms with Crippen molar-refractivity contribution in [3.63, 3.8) is 0 Å². The highest BCUT2D eigenvalue weighted by Crippen LogP contribution is 1.86. The van der Waals surface area contributed by atoms with Crippen molar-refractivity contribution in [2.24, 2.45) is 0 Å². The number of rotatable bonds is 0. The average Bonchev–Trinajstić information content (AvgIpc) is 2.36. The Labute approximate surface area is 112 Å². The van der Waals surface area contributed by atoms with E-state index in [1.165, 1.54) is 0 Å². The van der Waals surface area contributed by atoms with Gasteiger partial charge in [0.25, 0.3) is 0 Å². The number of hydrogen-bond donors (Lipinski definition) is 5. The van der Waals surface area contributed by atoms with Crippen molar-refractivity contribution in [3.05, 3.63) is 0 Å². The minimum absolute atomic E-state index is 0.514. The molecule has 5 heteroatoms. The van der Waals surface area contributed by atoms with Gasteiger partial charge in [0.2, 0.25) is 0 Å². The van der Waals surface area contributed by atoms with E-state index in [9.17, 15) is 0 Å². The Morgan fingerprint density at radius 1 is 0.556 bits per heavy atom. The summed E-state index contributed by atoms with van der Waals surface area (Å²) in [5.41, 5.74) is 0. The summed E-state index contributed by atoms with van der Waals surface area (Å²) in [6.07, 6.45) is 0. The van der Waals surface area contributed by atoms with Crippen molar-refractivity contribution in [3.8, 4) is 0 Å². The summed E-state index contributed by atoms with van der Waals surface area (Å²) in [6.45, 7) is 13.9. The molecule has 18 heavy (non-hydrogen) atoms. The smallest absolute Gasteiger partial charge is 0.0164 e. The summed E-state index contributed by atoms with van der Waals surface area (Å²) in [4.78, 5) is 0. The van der Waals surface area contributed by atoms with E-state index >= 15 is 0 Å². The van der Waals surface area contributed by atoms with Gasteiger partial charge in [-0.3, -0.25) is 0 Å². The molecule has 1 aliphatic rings. The maximum absolute atomic E-state index is 3.56. The van der Waals surface area contributed by atoms with Crippen molar-refractivity contribution in [2.45, 2.75) is 38.9 Å². The molecule has 0 unspecified atom stereocenters. The molecule has 0 bridgehead atoms. The lowest BCUT2D eigenvalue weighted by Crippen LogP contribution is -2.46. The molecule has 1 heterocycles. The second-order valence-corrected chi connectivity index (χ2v) is 5.43. The van der Waals surface area contributed by atoms with Gasteiger partial charge in [0.05, 0.1) is 0 Å². The molecule has 1 rings (SSSR count). The minimum atomic E-state index is 0.514. The Morgan fingerprint density at radius 3 is 1.78 bits per heavy atom. The van der Waals surface area contributed by atoms with Gasteiger partial charge >= 0.3 is 0 Å². The second kappa shape index (κ2) is 9.69. The predicted molar refractivity (Wildman–Crippen MR) is 78.1 cm³/mol. The van der Waals surface area contributed by atoms with E-state index in [2.05, 4.69) is 47.4 Å². The van der Waals surface area contributed by atoms with Gasteiger partial charge in [-0.2, -0.15) is 0 Å². The largest absolute Gasteiger partial charge is 0.314 e. The van der Waals surface area contributed by atoms with Crippen LogP contribution in [0.25, 0.3) is 0 Å². The molecule has 1 saturated heterocycles.